The smallest absolute Gasteiger partial charge is 0.0654 e. The third-order valence-electron chi connectivity index (χ3n) is 5.43. The fraction of sp³-hybridized carbons (Fsp3) is 0.600. The number of benzene rings is 1. The summed E-state index contributed by atoms with van der Waals surface area (Å²) in [5.41, 5.74) is 1.09. The van der Waals surface area contributed by atoms with E-state index in [4.69, 9.17) is 23.2 Å². The summed E-state index contributed by atoms with van der Waals surface area (Å²) in [5.74, 6) is 2.65. The average Bonchev–Trinajstić information content (AvgIpc) is 2.98. The summed E-state index contributed by atoms with van der Waals surface area (Å²) in [5, 5.41) is 11.5. The molecule has 3 fully saturated rings. The van der Waals surface area contributed by atoms with Crippen molar-refractivity contribution in [3.63, 3.8) is 0 Å². The zero-order valence-electron chi connectivity index (χ0n) is 10.6. The lowest BCUT2D eigenvalue weighted by molar-refractivity contribution is 0.0702. The van der Waals surface area contributed by atoms with Crippen molar-refractivity contribution in [1.82, 2.24) is 0 Å². The van der Waals surface area contributed by atoms with Gasteiger partial charge >= 0.3 is 0 Å². The first-order valence-corrected chi connectivity index (χ1v) is 7.77. The molecule has 1 N–H and O–H groups in total. The average molecular weight is 298 g/mol. The van der Waals surface area contributed by atoms with E-state index >= 15 is 0 Å². The van der Waals surface area contributed by atoms with Gasteiger partial charge in [-0.25, -0.2) is 0 Å². The van der Waals surface area contributed by atoms with Crippen LogP contribution < -0.4 is 4.90 Å². The maximum absolute atomic E-state index is 10.1. The van der Waals surface area contributed by atoms with Crippen molar-refractivity contribution in [3.05, 3.63) is 28.2 Å². The SMILES string of the molecule is OC1CC2CC1C1CN(c3ccc(Cl)cc3Cl)CC21. The van der Waals surface area contributed by atoms with Crippen molar-refractivity contribution < 1.29 is 5.11 Å². The van der Waals surface area contributed by atoms with Crippen LogP contribution in [-0.2, 0) is 0 Å². The monoisotopic (exact) mass is 297 g/mol. The number of nitrogens with zero attached hydrogens (tertiary/aromatic N) is 1. The molecule has 1 aromatic rings. The van der Waals surface area contributed by atoms with Crippen molar-refractivity contribution in [2.45, 2.75) is 18.9 Å². The number of hydrogen-bond acceptors (Lipinski definition) is 2. The normalized spacial score (nSPS) is 39.9. The Bertz CT molecular complexity index is 521. The van der Waals surface area contributed by atoms with E-state index in [0.29, 0.717) is 16.9 Å². The van der Waals surface area contributed by atoms with E-state index in [1.54, 1.807) is 0 Å². The highest BCUT2D eigenvalue weighted by atomic mass is 35.5. The lowest BCUT2D eigenvalue weighted by Gasteiger charge is -2.26. The lowest BCUT2D eigenvalue weighted by Crippen LogP contribution is -2.30. The number of rotatable bonds is 1. The molecular formula is C15H17Cl2NO. The summed E-state index contributed by atoms with van der Waals surface area (Å²) in [4.78, 5) is 2.38. The van der Waals surface area contributed by atoms with Crippen molar-refractivity contribution in [2.75, 3.05) is 18.0 Å². The number of hydrogen-bond donors (Lipinski definition) is 1. The molecule has 102 valence electrons. The van der Waals surface area contributed by atoms with Crippen molar-refractivity contribution in [3.8, 4) is 0 Å². The van der Waals surface area contributed by atoms with E-state index in [9.17, 15) is 5.11 Å². The minimum Gasteiger partial charge on any atom is -0.393 e. The van der Waals surface area contributed by atoms with Gasteiger partial charge < -0.3 is 10.0 Å². The number of anilines is 1. The van der Waals surface area contributed by atoms with Crippen LogP contribution in [0.3, 0.4) is 0 Å². The minimum atomic E-state index is -0.0631. The summed E-state index contributed by atoms with van der Waals surface area (Å²) in [7, 11) is 0. The number of aliphatic hydroxyl groups excluding tert-OH is 1. The van der Waals surface area contributed by atoms with Crippen LogP contribution in [0.25, 0.3) is 0 Å². The number of halogens is 2. The molecule has 2 aliphatic carbocycles. The summed E-state index contributed by atoms with van der Waals surface area (Å²) in [6, 6.07) is 5.74. The molecule has 5 unspecified atom stereocenters. The van der Waals surface area contributed by atoms with Crippen molar-refractivity contribution in [1.29, 1.82) is 0 Å². The van der Waals surface area contributed by atoms with E-state index < -0.39 is 0 Å². The number of aliphatic hydroxyl groups is 1. The second kappa shape index (κ2) is 4.28. The predicted molar refractivity (Wildman–Crippen MR) is 77.9 cm³/mol. The first-order chi connectivity index (χ1) is 9.13. The van der Waals surface area contributed by atoms with Crippen LogP contribution in [0.4, 0.5) is 5.69 Å². The molecule has 19 heavy (non-hydrogen) atoms. The number of fused-ring (bicyclic) bond motifs is 5. The molecule has 2 bridgehead atoms. The Morgan fingerprint density at radius 3 is 2.63 bits per heavy atom. The molecule has 3 aliphatic rings. The highest BCUT2D eigenvalue weighted by molar-refractivity contribution is 6.36. The molecule has 4 rings (SSSR count). The molecule has 1 saturated heterocycles. The third-order valence-corrected chi connectivity index (χ3v) is 5.97. The predicted octanol–water partition coefficient (Wildman–Crippen LogP) is 3.45. The van der Waals surface area contributed by atoms with Crippen LogP contribution >= 0.6 is 23.2 Å². The van der Waals surface area contributed by atoms with Crippen molar-refractivity contribution in [2.24, 2.45) is 23.7 Å². The van der Waals surface area contributed by atoms with Crippen LogP contribution in [-0.4, -0.2) is 24.3 Å². The van der Waals surface area contributed by atoms with E-state index in [-0.39, 0.29) is 6.10 Å². The molecule has 2 nitrogen and oxygen atoms in total. The van der Waals surface area contributed by atoms with Gasteiger partial charge in [0.25, 0.3) is 0 Å². The zero-order valence-corrected chi connectivity index (χ0v) is 12.1. The molecule has 0 spiro atoms. The topological polar surface area (TPSA) is 23.5 Å². The first-order valence-electron chi connectivity index (χ1n) is 7.01. The van der Waals surface area contributed by atoms with E-state index in [1.807, 2.05) is 18.2 Å². The zero-order chi connectivity index (χ0) is 13.1. The quantitative estimate of drug-likeness (QED) is 0.858. The maximum Gasteiger partial charge on any atom is 0.0654 e. The molecule has 0 radical (unpaired) electrons. The summed E-state index contributed by atoms with van der Waals surface area (Å²) in [6.07, 6.45) is 2.18. The van der Waals surface area contributed by atoms with Crippen LogP contribution in [0.1, 0.15) is 12.8 Å². The molecule has 1 aliphatic heterocycles. The first kappa shape index (κ1) is 12.3. The Kier molecular flexibility index (Phi) is 2.77. The fourth-order valence-electron chi connectivity index (χ4n) is 4.64. The molecule has 2 saturated carbocycles. The van der Waals surface area contributed by atoms with E-state index in [2.05, 4.69) is 4.90 Å². The highest BCUT2D eigenvalue weighted by Crippen LogP contribution is 2.55. The Hall–Kier alpha value is -0.440. The van der Waals surface area contributed by atoms with E-state index in [1.165, 1.54) is 6.42 Å². The minimum absolute atomic E-state index is 0.0631. The van der Waals surface area contributed by atoms with Crippen LogP contribution in [0.15, 0.2) is 18.2 Å². The summed E-state index contributed by atoms with van der Waals surface area (Å²) in [6.45, 7) is 2.12. The molecule has 0 aromatic heterocycles. The fourth-order valence-corrected chi connectivity index (χ4v) is 5.17. The van der Waals surface area contributed by atoms with Gasteiger partial charge in [0.15, 0.2) is 0 Å². The Morgan fingerprint density at radius 2 is 1.84 bits per heavy atom. The Labute approximate surface area is 123 Å². The van der Waals surface area contributed by atoms with Gasteiger partial charge in [0.1, 0.15) is 0 Å². The molecule has 1 aromatic carbocycles. The third kappa shape index (κ3) is 1.80. The summed E-state index contributed by atoms with van der Waals surface area (Å²) >= 11 is 12.3. The van der Waals surface area contributed by atoms with Crippen LogP contribution in [0.2, 0.25) is 10.0 Å². The van der Waals surface area contributed by atoms with Gasteiger partial charge in [0, 0.05) is 18.1 Å². The van der Waals surface area contributed by atoms with Gasteiger partial charge in [0.2, 0.25) is 0 Å². The van der Waals surface area contributed by atoms with Gasteiger partial charge in [-0.2, -0.15) is 0 Å². The molecule has 4 heteroatoms. The van der Waals surface area contributed by atoms with Crippen LogP contribution in [0, 0.1) is 23.7 Å². The maximum atomic E-state index is 10.1. The Morgan fingerprint density at radius 1 is 1.05 bits per heavy atom. The molecule has 0 amide bonds. The second-order valence-corrected chi connectivity index (χ2v) is 7.13. The second-order valence-electron chi connectivity index (χ2n) is 6.29. The van der Waals surface area contributed by atoms with Gasteiger partial charge in [-0.1, -0.05) is 23.2 Å². The molecule has 1 heterocycles. The van der Waals surface area contributed by atoms with Gasteiger partial charge in [0.05, 0.1) is 16.8 Å². The Balaban J connectivity index is 1.60. The van der Waals surface area contributed by atoms with Gasteiger partial charge in [-0.15, -0.1) is 0 Å². The van der Waals surface area contributed by atoms with E-state index in [0.717, 1.165) is 42.1 Å². The standard InChI is InChI=1S/C15H17Cl2NO/c16-9-1-2-14(13(17)5-9)18-6-11-8-3-10(12(11)7-18)15(19)4-8/h1-2,5,8,10-12,15,19H,3-4,6-7H2. The molecular weight excluding hydrogens is 281 g/mol. The lowest BCUT2D eigenvalue weighted by atomic mass is 9.80. The molecule has 5 atom stereocenters. The highest BCUT2D eigenvalue weighted by Gasteiger charge is 2.55. The van der Waals surface area contributed by atoms with Crippen molar-refractivity contribution >= 4 is 28.9 Å². The van der Waals surface area contributed by atoms with Gasteiger partial charge in [-0.3, -0.25) is 0 Å². The van der Waals surface area contributed by atoms with Gasteiger partial charge in [-0.05, 0) is 54.7 Å². The summed E-state index contributed by atoms with van der Waals surface area (Å²) < 4.78 is 0. The largest absolute Gasteiger partial charge is 0.393 e. The van der Waals surface area contributed by atoms with Crippen LogP contribution in [0.5, 0.6) is 0 Å².